The molecule has 0 unspecified atom stereocenters. The van der Waals surface area contributed by atoms with Gasteiger partial charge in [0.15, 0.2) is 0 Å². The summed E-state index contributed by atoms with van der Waals surface area (Å²) < 4.78 is 0. The summed E-state index contributed by atoms with van der Waals surface area (Å²) in [5.74, 6) is -1.12. The molecule has 0 amide bonds. The van der Waals surface area contributed by atoms with Gasteiger partial charge in [0.25, 0.3) is 0 Å². The minimum atomic E-state index is -1.12. The van der Waals surface area contributed by atoms with Crippen molar-refractivity contribution in [3.8, 4) is 0 Å². The van der Waals surface area contributed by atoms with E-state index in [2.05, 4.69) is 0 Å². The van der Waals surface area contributed by atoms with Crippen LogP contribution in [0.25, 0.3) is 0 Å². The molecule has 0 fully saturated rings. The number of aryl methyl sites for hydroxylation is 1. The molecule has 0 aromatic heterocycles. The normalized spacial score (nSPS) is 7.59. The summed E-state index contributed by atoms with van der Waals surface area (Å²) >= 11 is 0. The smallest absolute Gasteiger partial charge is 0.855 e. The van der Waals surface area contributed by atoms with E-state index in [0.717, 1.165) is 5.56 Å². The SMILES string of the molecule is CC[O-].CC[O-].Cc1cccc(C(=O)[O-])c1.[Al+3]. The molecule has 0 N–H and O–H groups in total. The number of carboxylic acids is 1. The number of aromatic carboxylic acids is 1. The predicted octanol–water partition coefficient (Wildman–Crippen LogP) is -1.29. The largest absolute Gasteiger partial charge is 3.00 e. The molecule has 17 heavy (non-hydrogen) atoms. The van der Waals surface area contributed by atoms with Gasteiger partial charge in [-0.15, -0.1) is 13.2 Å². The van der Waals surface area contributed by atoms with E-state index in [1.54, 1.807) is 26.0 Å². The third-order valence-corrected chi connectivity index (χ3v) is 1.25. The first-order chi connectivity index (χ1) is 7.53. The quantitative estimate of drug-likeness (QED) is 0.582. The molecule has 1 rings (SSSR count). The van der Waals surface area contributed by atoms with Gasteiger partial charge in [-0.3, -0.25) is 0 Å². The predicted molar refractivity (Wildman–Crippen MR) is 62.3 cm³/mol. The molecule has 0 bridgehead atoms. The van der Waals surface area contributed by atoms with Crippen molar-refractivity contribution in [3.05, 3.63) is 35.4 Å². The fourth-order valence-electron chi connectivity index (χ4n) is 0.772. The van der Waals surface area contributed by atoms with Crippen molar-refractivity contribution in [2.75, 3.05) is 13.2 Å². The van der Waals surface area contributed by atoms with Crippen LogP contribution in [0.3, 0.4) is 0 Å². The first kappa shape index (κ1) is 21.4. The second kappa shape index (κ2) is 15.1. The molecule has 0 saturated carbocycles. The van der Waals surface area contributed by atoms with E-state index in [-0.39, 0.29) is 36.1 Å². The molecule has 0 heterocycles. The van der Waals surface area contributed by atoms with Gasteiger partial charge in [-0.1, -0.05) is 43.7 Å². The van der Waals surface area contributed by atoms with Gasteiger partial charge in [0, 0.05) is 0 Å². The number of rotatable bonds is 1. The molecule has 0 spiro atoms. The number of hydrogen-bond acceptors (Lipinski definition) is 4. The first-order valence-corrected chi connectivity index (χ1v) is 4.97. The van der Waals surface area contributed by atoms with Crippen molar-refractivity contribution >= 4 is 23.3 Å². The van der Waals surface area contributed by atoms with Crippen LogP contribution in [0.1, 0.15) is 29.8 Å². The summed E-state index contributed by atoms with van der Waals surface area (Å²) in [7, 11) is 0. The molecule has 1 aromatic carbocycles. The second-order valence-electron chi connectivity index (χ2n) is 2.73. The molecule has 0 aliphatic carbocycles. The van der Waals surface area contributed by atoms with E-state index < -0.39 is 5.97 Å². The molecule has 0 radical (unpaired) electrons. The molecule has 0 saturated heterocycles. The van der Waals surface area contributed by atoms with Gasteiger partial charge in [0.05, 0.1) is 5.97 Å². The maximum Gasteiger partial charge on any atom is 3.00 e. The van der Waals surface area contributed by atoms with Gasteiger partial charge in [-0.05, 0) is 12.5 Å². The maximum atomic E-state index is 10.2. The summed E-state index contributed by atoms with van der Waals surface area (Å²) in [5.41, 5.74) is 1.17. The minimum absolute atomic E-state index is 0. The van der Waals surface area contributed by atoms with Crippen molar-refractivity contribution < 1.29 is 20.1 Å². The summed E-state index contributed by atoms with van der Waals surface area (Å²) in [4.78, 5) is 10.2. The number of carbonyl (C=O) groups excluding carboxylic acids is 1. The number of hydrogen-bond donors (Lipinski definition) is 0. The molecule has 0 aliphatic rings. The Morgan fingerprint density at radius 1 is 1.18 bits per heavy atom. The van der Waals surface area contributed by atoms with E-state index in [1.165, 1.54) is 6.07 Å². The summed E-state index contributed by atoms with van der Waals surface area (Å²) in [5, 5.41) is 28.1. The zero-order chi connectivity index (χ0) is 13.0. The zero-order valence-corrected chi connectivity index (χ0v) is 11.6. The van der Waals surface area contributed by atoms with Crippen LogP contribution in [0, 0.1) is 6.92 Å². The van der Waals surface area contributed by atoms with Gasteiger partial charge in [0.2, 0.25) is 0 Å². The molecular formula is C12H17AlO4. The Hall–Kier alpha value is -0.858. The van der Waals surface area contributed by atoms with Crippen LogP contribution in [0.2, 0.25) is 0 Å². The third kappa shape index (κ3) is 15.1. The number of benzene rings is 1. The van der Waals surface area contributed by atoms with Crippen LogP contribution in [-0.4, -0.2) is 36.5 Å². The fourth-order valence-corrected chi connectivity index (χ4v) is 0.772. The topological polar surface area (TPSA) is 86.2 Å². The van der Waals surface area contributed by atoms with Crippen molar-refractivity contribution in [2.24, 2.45) is 0 Å². The van der Waals surface area contributed by atoms with Crippen molar-refractivity contribution in [1.82, 2.24) is 0 Å². The van der Waals surface area contributed by atoms with E-state index in [4.69, 9.17) is 10.2 Å². The number of carbonyl (C=O) groups is 1. The zero-order valence-electron chi connectivity index (χ0n) is 10.4. The van der Waals surface area contributed by atoms with Crippen LogP contribution in [0.5, 0.6) is 0 Å². The Morgan fingerprint density at radius 2 is 1.59 bits per heavy atom. The van der Waals surface area contributed by atoms with Crippen molar-refractivity contribution in [1.29, 1.82) is 0 Å². The molecule has 92 valence electrons. The van der Waals surface area contributed by atoms with Gasteiger partial charge in [0.1, 0.15) is 0 Å². The van der Waals surface area contributed by atoms with Crippen LogP contribution in [0.4, 0.5) is 0 Å². The fraction of sp³-hybridized carbons (Fsp3) is 0.417. The van der Waals surface area contributed by atoms with Gasteiger partial charge >= 0.3 is 17.4 Å². The first-order valence-electron chi connectivity index (χ1n) is 4.97. The van der Waals surface area contributed by atoms with Crippen molar-refractivity contribution in [3.63, 3.8) is 0 Å². The monoisotopic (exact) mass is 252 g/mol. The van der Waals surface area contributed by atoms with Crippen LogP contribution < -0.4 is 15.3 Å². The Balaban J connectivity index is -0.000000240. The van der Waals surface area contributed by atoms with Gasteiger partial charge < -0.3 is 20.1 Å². The average Bonchev–Trinajstić information content (AvgIpc) is 2.20. The van der Waals surface area contributed by atoms with E-state index in [0.29, 0.717) is 0 Å². The van der Waals surface area contributed by atoms with E-state index in [1.807, 2.05) is 13.0 Å². The Kier molecular flexibility index (Phi) is 19.1. The molecule has 5 heteroatoms. The minimum Gasteiger partial charge on any atom is -0.855 e. The maximum absolute atomic E-state index is 10.2. The second-order valence-corrected chi connectivity index (χ2v) is 2.73. The van der Waals surface area contributed by atoms with E-state index in [9.17, 15) is 9.90 Å². The standard InChI is InChI=1S/C8H8O2.2C2H5O.Al/c1-6-3-2-4-7(5-6)8(9)10;2*1-2-3;/h2-5H,1H3,(H,9,10);2*2H2,1H3;/q;2*-1;+3/p-1. The molecule has 4 nitrogen and oxygen atoms in total. The Bertz CT molecular complexity index is 288. The van der Waals surface area contributed by atoms with Gasteiger partial charge in [-0.2, -0.15) is 0 Å². The third-order valence-electron chi connectivity index (χ3n) is 1.25. The van der Waals surface area contributed by atoms with Crippen LogP contribution in [-0.2, 0) is 0 Å². The molecular weight excluding hydrogens is 235 g/mol. The summed E-state index contributed by atoms with van der Waals surface area (Å²) in [6.45, 7) is 4.98. The summed E-state index contributed by atoms with van der Waals surface area (Å²) in [6, 6.07) is 6.63. The molecule has 0 aliphatic heterocycles. The van der Waals surface area contributed by atoms with Gasteiger partial charge in [-0.25, -0.2) is 0 Å². The molecule has 0 atom stereocenters. The Labute approximate surface area is 113 Å². The van der Waals surface area contributed by atoms with E-state index >= 15 is 0 Å². The molecule has 1 aromatic rings. The van der Waals surface area contributed by atoms with Crippen LogP contribution in [0.15, 0.2) is 24.3 Å². The summed E-state index contributed by atoms with van der Waals surface area (Å²) in [6.07, 6.45) is 0. The average molecular weight is 252 g/mol. The Morgan fingerprint density at radius 3 is 1.82 bits per heavy atom. The van der Waals surface area contributed by atoms with Crippen LogP contribution >= 0.6 is 0 Å². The van der Waals surface area contributed by atoms with Crippen molar-refractivity contribution in [2.45, 2.75) is 20.8 Å². The number of carboxylic acid groups (broad SMARTS) is 1.